The number of rotatable bonds is 3. The van der Waals surface area contributed by atoms with Gasteiger partial charge in [0, 0.05) is 13.1 Å². The second-order valence-corrected chi connectivity index (χ2v) is 8.19. The number of amides is 1. The van der Waals surface area contributed by atoms with Crippen LogP contribution in [0, 0.1) is 19.7 Å². The molecule has 1 amide bonds. The highest BCUT2D eigenvalue weighted by molar-refractivity contribution is 8.18. The van der Waals surface area contributed by atoms with Crippen molar-refractivity contribution in [3.63, 3.8) is 0 Å². The summed E-state index contributed by atoms with van der Waals surface area (Å²) in [5.74, 6) is -0.458. The van der Waals surface area contributed by atoms with Crippen molar-refractivity contribution in [2.45, 2.75) is 26.7 Å². The summed E-state index contributed by atoms with van der Waals surface area (Å²) < 4.78 is 14.5. The molecule has 0 aromatic heterocycles. The van der Waals surface area contributed by atoms with E-state index in [2.05, 4.69) is 15.2 Å². The van der Waals surface area contributed by atoms with Gasteiger partial charge in [0.1, 0.15) is 5.82 Å². The molecular weight excluding hydrogens is 373 g/mol. The lowest BCUT2D eigenvalue weighted by molar-refractivity contribution is -0.115. The van der Waals surface area contributed by atoms with Gasteiger partial charge in [-0.3, -0.25) is 4.79 Å². The zero-order valence-electron chi connectivity index (χ0n) is 16.0. The normalized spacial score (nSPS) is 19.7. The van der Waals surface area contributed by atoms with Gasteiger partial charge >= 0.3 is 0 Å². The Balaban J connectivity index is 1.53. The molecule has 0 aliphatic carbocycles. The van der Waals surface area contributed by atoms with Gasteiger partial charge < -0.3 is 10.2 Å². The van der Waals surface area contributed by atoms with Gasteiger partial charge in [-0.1, -0.05) is 12.1 Å². The maximum absolute atomic E-state index is 14.5. The largest absolute Gasteiger partial charge is 0.369 e. The number of anilines is 1. The molecule has 2 aromatic rings. The molecule has 0 bridgehead atoms. The highest BCUT2D eigenvalue weighted by Gasteiger charge is 2.24. The quantitative estimate of drug-likeness (QED) is 0.749. The number of halogens is 1. The van der Waals surface area contributed by atoms with Gasteiger partial charge in [-0.05, 0) is 85.5 Å². The highest BCUT2D eigenvalue weighted by Crippen LogP contribution is 2.30. The molecule has 2 aliphatic heterocycles. The van der Waals surface area contributed by atoms with Crippen molar-refractivity contribution in [1.82, 2.24) is 5.32 Å². The maximum atomic E-state index is 14.5. The topological polar surface area (TPSA) is 44.7 Å². The Hall–Kier alpha value is -2.60. The predicted molar refractivity (Wildman–Crippen MR) is 115 cm³/mol. The summed E-state index contributed by atoms with van der Waals surface area (Å²) in [6, 6.07) is 11.1. The van der Waals surface area contributed by atoms with E-state index in [9.17, 15) is 9.18 Å². The number of aryl methyl sites for hydroxylation is 2. The van der Waals surface area contributed by atoms with Crippen LogP contribution in [0.15, 0.2) is 46.3 Å². The summed E-state index contributed by atoms with van der Waals surface area (Å²) in [6.07, 6.45) is 3.91. The second-order valence-electron chi connectivity index (χ2n) is 7.16. The smallest absolute Gasteiger partial charge is 0.264 e. The van der Waals surface area contributed by atoms with E-state index in [1.54, 1.807) is 12.1 Å². The number of carbonyl (C=O) groups excluding carboxylic acids is 1. The molecule has 6 heteroatoms. The minimum absolute atomic E-state index is 0.211. The molecule has 2 saturated heterocycles. The molecular formula is C22H22FN3OS. The van der Waals surface area contributed by atoms with E-state index in [1.165, 1.54) is 23.4 Å². The third-order valence-corrected chi connectivity index (χ3v) is 6.00. The molecule has 2 heterocycles. The number of hydrogen-bond acceptors (Lipinski definition) is 4. The Morgan fingerprint density at radius 1 is 1.11 bits per heavy atom. The second kappa shape index (κ2) is 7.80. The van der Waals surface area contributed by atoms with E-state index in [0.717, 1.165) is 37.2 Å². The van der Waals surface area contributed by atoms with E-state index in [0.29, 0.717) is 21.3 Å². The van der Waals surface area contributed by atoms with Gasteiger partial charge in [0.2, 0.25) is 0 Å². The van der Waals surface area contributed by atoms with Gasteiger partial charge in [-0.25, -0.2) is 9.38 Å². The fourth-order valence-corrected chi connectivity index (χ4v) is 4.21. The van der Waals surface area contributed by atoms with E-state index < -0.39 is 0 Å². The number of aliphatic imine (C=N–C) groups is 1. The summed E-state index contributed by atoms with van der Waals surface area (Å²) in [7, 11) is 0. The van der Waals surface area contributed by atoms with E-state index in [4.69, 9.17) is 0 Å². The molecule has 2 fully saturated rings. The maximum Gasteiger partial charge on any atom is 0.264 e. The molecule has 2 aromatic carbocycles. The standard InChI is InChI=1S/C22H22FN3OS/c1-14-5-7-17(11-15(14)2)24-22-25-21(27)20(28-22)13-16-6-8-19(18(23)12-16)26-9-3-4-10-26/h5-8,11-13H,3-4,9-10H2,1-2H3,(H,24,25,27)/b20-13-. The van der Waals surface area contributed by atoms with Crippen molar-refractivity contribution >= 4 is 40.3 Å². The summed E-state index contributed by atoms with van der Waals surface area (Å²) >= 11 is 1.27. The Morgan fingerprint density at radius 3 is 2.61 bits per heavy atom. The van der Waals surface area contributed by atoms with Crippen LogP contribution in [0.1, 0.15) is 29.5 Å². The lowest BCUT2D eigenvalue weighted by atomic mass is 10.1. The van der Waals surface area contributed by atoms with E-state index >= 15 is 0 Å². The fraction of sp³-hybridized carbons (Fsp3) is 0.273. The SMILES string of the molecule is Cc1ccc(N=C2NC(=O)/C(=C/c3ccc(N4CCCC4)c(F)c3)S2)cc1C. The first-order chi connectivity index (χ1) is 13.5. The Labute approximate surface area is 168 Å². The number of benzene rings is 2. The van der Waals surface area contributed by atoms with Crippen molar-refractivity contribution < 1.29 is 9.18 Å². The Kier molecular flexibility index (Phi) is 5.22. The Bertz CT molecular complexity index is 993. The van der Waals surface area contributed by atoms with Crippen LogP contribution in [0.4, 0.5) is 15.8 Å². The highest BCUT2D eigenvalue weighted by atomic mass is 32.2. The zero-order chi connectivity index (χ0) is 19.7. The first-order valence-electron chi connectivity index (χ1n) is 9.41. The van der Waals surface area contributed by atoms with Crippen molar-refractivity contribution in [1.29, 1.82) is 0 Å². The van der Waals surface area contributed by atoms with Gasteiger partial charge in [-0.15, -0.1) is 0 Å². The van der Waals surface area contributed by atoms with Gasteiger partial charge in [-0.2, -0.15) is 0 Å². The summed E-state index contributed by atoms with van der Waals surface area (Å²) in [5.41, 5.74) is 4.46. The molecule has 28 heavy (non-hydrogen) atoms. The van der Waals surface area contributed by atoms with E-state index in [1.807, 2.05) is 38.1 Å². The number of carbonyl (C=O) groups is 1. The monoisotopic (exact) mass is 395 g/mol. The van der Waals surface area contributed by atoms with Crippen molar-refractivity contribution in [3.05, 3.63) is 63.8 Å². The number of nitrogens with one attached hydrogen (secondary N) is 1. The zero-order valence-corrected chi connectivity index (χ0v) is 16.8. The summed E-state index contributed by atoms with van der Waals surface area (Å²) in [4.78, 5) is 19.4. The lowest BCUT2D eigenvalue weighted by Gasteiger charge is -2.18. The first kappa shape index (κ1) is 18.7. The first-order valence-corrected chi connectivity index (χ1v) is 10.2. The van der Waals surface area contributed by atoms with Gasteiger partial charge in [0.05, 0.1) is 16.3 Å². The molecule has 2 aliphatic rings. The molecule has 0 unspecified atom stereocenters. The van der Waals surface area contributed by atoms with Crippen LogP contribution in [0.3, 0.4) is 0 Å². The van der Waals surface area contributed by atoms with Gasteiger partial charge in [0.15, 0.2) is 5.17 Å². The molecule has 4 rings (SSSR count). The van der Waals surface area contributed by atoms with Crippen molar-refractivity contribution in [3.8, 4) is 0 Å². The Morgan fingerprint density at radius 2 is 1.89 bits per heavy atom. The lowest BCUT2D eigenvalue weighted by Crippen LogP contribution is -2.19. The van der Waals surface area contributed by atoms with Crippen LogP contribution in [0.5, 0.6) is 0 Å². The fourth-order valence-electron chi connectivity index (χ4n) is 3.37. The van der Waals surface area contributed by atoms with Crippen LogP contribution in [0.2, 0.25) is 0 Å². The molecule has 0 saturated carbocycles. The average molecular weight is 396 g/mol. The predicted octanol–water partition coefficient (Wildman–Crippen LogP) is 4.93. The van der Waals surface area contributed by atoms with Crippen molar-refractivity contribution in [2.75, 3.05) is 18.0 Å². The van der Waals surface area contributed by atoms with Crippen LogP contribution in [0.25, 0.3) is 6.08 Å². The van der Waals surface area contributed by atoms with Crippen LogP contribution in [-0.4, -0.2) is 24.2 Å². The van der Waals surface area contributed by atoms with Gasteiger partial charge in [0.25, 0.3) is 5.91 Å². The van der Waals surface area contributed by atoms with Crippen LogP contribution in [-0.2, 0) is 4.79 Å². The molecule has 144 valence electrons. The third-order valence-electron chi connectivity index (χ3n) is 5.09. The minimum atomic E-state index is -0.247. The molecule has 1 N–H and O–H groups in total. The average Bonchev–Trinajstić information content (AvgIpc) is 3.29. The third kappa shape index (κ3) is 3.97. The number of amidine groups is 1. The number of thioether (sulfide) groups is 1. The summed E-state index contributed by atoms with van der Waals surface area (Å²) in [5, 5.41) is 3.32. The van der Waals surface area contributed by atoms with E-state index in [-0.39, 0.29) is 11.7 Å². The number of hydrogen-bond donors (Lipinski definition) is 1. The molecule has 0 atom stereocenters. The molecule has 0 radical (unpaired) electrons. The minimum Gasteiger partial charge on any atom is -0.369 e. The van der Waals surface area contributed by atoms with Crippen molar-refractivity contribution in [2.24, 2.45) is 4.99 Å². The van der Waals surface area contributed by atoms with Crippen LogP contribution < -0.4 is 10.2 Å². The summed E-state index contributed by atoms with van der Waals surface area (Å²) in [6.45, 7) is 5.88. The van der Waals surface area contributed by atoms with Crippen LogP contribution >= 0.6 is 11.8 Å². The molecule has 0 spiro atoms. The molecule has 4 nitrogen and oxygen atoms in total. The number of nitrogens with zero attached hydrogens (tertiary/aromatic N) is 2.